The van der Waals surface area contributed by atoms with E-state index >= 15 is 0 Å². The van der Waals surface area contributed by atoms with Crippen LogP contribution in [0.2, 0.25) is 0 Å². The van der Waals surface area contributed by atoms with E-state index in [2.05, 4.69) is 5.43 Å². The van der Waals surface area contributed by atoms with E-state index in [-0.39, 0.29) is 11.8 Å². The molecule has 2 heterocycles. The number of aromatic nitrogens is 1. The summed E-state index contributed by atoms with van der Waals surface area (Å²) in [7, 11) is -2.77. The number of nitrogens with one attached hydrogen (secondary N) is 1. The zero-order valence-corrected chi connectivity index (χ0v) is 8.00. The normalized spacial score (nSPS) is 26.0. The first-order valence-corrected chi connectivity index (χ1v) is 6.08. The van der Waals surface area contributed by atoms with Gasteiger partial charge in [0.25, 0.3) is 0 Å². The fourth-order valence-electron chi connectivity index (χ4n) is 1.53. The molecule has 2 rings (SSSR count). The highest BCUT2D eigenvalue weighted by Gasteiger charge is 2.27. The average Bonchev–Trinajstić information content (AvgIpc) is 2.61. The van der Waals surface area contributed by atoms with Crippen molar-refractivity contribution < 1.29 is 8.42 Å². The lowest BCUT2D eigenvalue weighted by Gasteiger charge is -2.12. The Morgan fingerprint density at radius 2 is 2.00 bits per heavy atom. The van der Waals surface area contributed by atoms with Gasteiger partial charge in [0.05, 0.1) is 17.5 Å². The first-order chi connectivity index (χ1) is 6.16. The molecule has 1 saturated heterocycles. The number of sulfone groups is 1. The van der Waals surface area contributed by atoms with Gasteiger partial charge in [-0.1, -0.05) is 0 Å². The Hall–Kier alpha value is -0.970. The van der Waals surface area contributed by atoms with Crippen LogP contribution in [0.1, 0.15) is 6.42 Å². The predicted molar refractivity (Wildman–Crippen MR) is 50.9 cm³/mol. The van der Waals surface area contributed by atoms with Crippen LogP contribution in [0.15, 0.2) is 24.5 Å². The third kappa shape index (κ3) is 2.03. The summed E-state index contributed by atoms with van der Waals surface area (Å²) in [6.07, 6.45) is 4.44. The molecule has 72 valence electrons. The standard InChI is InChI=1S/C8H12N2O2S/c11-13(12)6-3-8(7-13)9-10-4-1-2-5-10/h1-2,4-5,8-9H,3,6-7H2. The summed E-state index contributed by atoms with van der Waals surface area (Å²) in [6, 6.07) is 3.87. The third-order valence-electron chi connectivity index (χ3n) is 2.17. The Bertz CT molecular complexity index is 369. The summed E-state index contributed by atoms with van der Waals surface area (Å²) in [5.41, 5.74) is 3.11. The van der Waals surface area contributed by atoms with Crippen molar-refractivity contribution in [3.05, 3.63) is 24.5 Å². The highest BCUT2D eigenvalue weighted by molar-refractivity contribution is 7.91. The van der Waals surface area contributed by atoms with Crippen molar-refractivity contribution in [2.75, 3.05) is 16.9 Å². The van der Waals surface area contributed by atoms with Gasteiger partial charge in [-0.25, -0.2) is 8.42 Å². The smallest absolute Gasteiger partial charge is 0.152 e. The number of nitrogens with zero attached hydrogens (tertiary/aromatic N) is 1. The molecule has 0 aliphatic carbocycles. The van der Waals surface area contributed by atoms with Gasteiger partial charge < -0.3 is 5.43 Å². The van der Waals surface area contributed by atoms with E-state index in [0.29, 0.717) is 12.2 Å². The zero-order valence-electron chi connectivity index (χ0n) is 7.18. The summed E-state index contributed by atoms with van der Waals surface area (Å²) >= 11 is 0. The zero-order chi connectivity index (χ0) is 9.31. The molecule has 13 heavy (non-hydrogen) atoms. The highest BCUT2D eigenvalue weighted by atomic mass is 32.2. The van der Waals surface area contributed by atoms with Crippen LogP contribution >= 0.6 is 0 Å². The topological polar surface area (TPSA) is 51.1 Å². The van der Waals surface area contributed by atoms with Gasteiger partial charge in [0, 0.05) is 12.4 Å². The number of hydrogen-bond donors (Lipinski definition) is 1. The van der Waals surface area contributed by atoms with E-state index in [4.69, 9.17) is 0 Å². The molecule has 1 aliphatic heterocycles. The molecule has 1 atom stereocenters. The summed E-state index contributed by atoms with van der Waals surface area (Å²) in [5.74, 6) is 0.567. The van der Waals surface area contributed by atoms with E-state index in [1.54, 1.807) is 4.68 Å². The second kappa shape index (κ2) is 3.06. The van der Waals surface area contributed by atoms with Crippen LogP contribution in [0.3, 0.4) is 0 Å². The van der Waals surface area contributed by atoms with Gasteiger partial charge in [0.1, 0.15) is 0 Å². The summed E-state index contributed by atoms with van der Waals surface area (Å²) in [5, 5.41) is 0. The summed E-state index contributed by atoms with van der Waals surface area (Å²) < 4.78 is 24.0. The van der Waals surface area contributed by atoms with Gasteiger partial charge in [0.15, 0.2) is 9.84 Å². The van der Waals surface area contributed by atoms with Gasteiger partial charge >= 0.3 is 0 Å². The maximum atomic E-state index is 11.1. The molecule has 1 fully saturated rings. The lowest BCUT2D eigenvalue weighted by atomic mass is 10.3. The molecule has 0 radical (unpaired) electrons. The first-order valence-electron chi connectivity index (χ1n) is 4.26. The molecule has 1 N–H and O–H groups in total. The molecule has 5 heteroatoms. The van der Waals surface area contributed by atoms with Crippen LogP contribution in [0.25, 0.3) is 0 Å². The fraction of sp³-hybridized carbons (Fsp3) is 0.500. The second-order valence-corrected chi connectivity index (χ2v) is 5.55. The van der Waals surface area contributed by atoms with Crippen molar-refractivity contribution in [1.82, 2.24) is 4.68 Å². The Labute approximate surface area is 77.4 Å². The van der Waals surface area contributed by atoms with E-state index in [0.717, 1.165) is 0 Å². The molecule has 4 nitrogen and oxygen atoms in total. The molecule has 0 spiro atoms. The lowest BCUT2D eigenvalue weighted by molar-refractivity contribution is 0.601. The molecule has 1 aromatic rings. The molecule has 0 aromatic carbocycles. The van der Waals surface area contributed by atoms with Crippen LogP contribution < -0.4 is 5.43 Å². The SMILES string of the molecule is O=S1(=O)CCC(Nn2cccc2)C1. The minimum absolute atomic E-state index is 0.0670. The number of hydrogen-bond acceptors (Lipinski definition) is 3. The second-order valence-electron chi connectivity index (χ2n) is 3.32. The predicted octanol–water partition coefficient (Wildman–Crippen LogP) is 0.219. The third-order valence-corrected chi connectivity index (χ3v) is 3.94. The van der Waals surface area contributed by atoms with E-state index in [1.165, 1.54) is 0 Å². The summed E-state index contributed by atoms with van der Waals surface area (Å²) in [6.45, 7) is 0. The first kappa shape index (κ1) is 8.62. The fourth-order valence-corrected chi connectivity index (χ4v) is 3.19. The minimum Gasteiger partial charge on any atom is -0.322 e. The Kier molecular flexibility index (Phi) is 2.03. The molecule has 0 saturated carbocycles. The van der Waals surface area contributed by atoms with Gasteiger partial charge in [-0.05, 0) is 18.6 Å². The van der Waals surface area contributed by atoms with Crippen LogP contribution in [-0.2, 0) is 9.84 Å². The average molecular weight is 200 g/mol. The largest absolute Gasteiger partial charge is 0.322 e. The van der Waals surface area contributed by atoms with Crippen molar-refractivity contribution >= 4 is 9.84 Å². The van der Waals surface area contributed by atoms with Crippen LogP contribution in [0, 0.1) is 0 Å². The van der Waals surface area contributed by atoms with Gasteiger partial charge in [-0.3, -0.25) is 4.68 Å². The molecule has 0 bridgehead atoms. The van der Waals surface area contributed by atoms with Crippen LogP contribution in [-0.4, -0.2) is 30.6 Å². The molecule has 1 unspecified atom stereocenters. The van der Waals surface area contributed by atoms with Gasteiger partial charge in [0.2, 0.25) is 0 Å². The van der Waals surface area contributed by atoms with Gasteiger partial charge in [-0.15, -0.1) is 0 Å². The van der Waals surface area contributed by atoms with Crippen molar-refractivity contribution in [3.63, 3.8) is 0 Å². The van der Waals surface area contributed by atoms with E-state index in [1.807, 2.05) is 24.5 Å². The van der Waals surface area contributed by atoms with Gasteiger partial charge in [-0.2, -0.15) is 0 Å². The van der Waals surface area contributed by atoms with E-state index in [9.17, 15) is 8.42 Å². The Morgan fingerprint density at radius 3 is 2.54 bits per heavy atom. The molecule has 0 amide bonds. The maximum Gasteiger partial charge on any atom is 0.152 e. The van der Waals surface area contributed by atoms with Crippen molar-refractivity contribution in [2.24, 2.45) is 0 Å². The highest BCUT2D eigenvalue weighted by Crippen LogP contribution is 2.12. The molecule has 1 aliphatic rings. The Morgan fingerprint density at radius 1 is 1.31 bits per heavy atom. The van der Waals surface area contributed by atoms with Crippen LogP contribution in [0.5, 0.6) is 0 Å². The maximum absolute atomic E-state index is 11.1. The number of rotatable bonds is 2. The lowest BCUT2D eigenvalue weighted by Crippen LogP contribution is -2.27. The summed E-state index contributed by atoms with van der Waals surface area (Å²) in [4.78, 5) is 0. The van der Waals surface area contributed by atoms with Crippen molar-refractivity contribution in [2.45, 2.75) is 12.5 Å². The minimum atomic E-state index is -2.77. The van der Waals surface area contributed by atoms with Crippen molar-refractivity contribution in [1.29, 1.82) is 0 Å². The quantitative estimate of drug-likeness (QED) is 0.743. The van der Waals surface area contributed by atoms with Crippen LogP contribution in [0.4, 0.5) is 0 Å². The monoisotopic (exact) mass is 200 g/mol. The molecule has 1 aromatic heterocycles. The van der Waals surface area contributed by atoms with Crippen molar-refractivity contribution in [3.8, 4) is 0 Å². The molecular weight excluding hydrogens is 188 g/mol. The van der Waals surface area contributed by atoms with E-state index < -0.39 is 9.84 Å². The Balaban J connectivity index is 1.99. The molecular formula is C8H12N2O2S.